The van der Waals surface area contributed by atoms with Gasteiger partial charge in [-0.2, -0.15) is 18.2 Å². The molecule has 3 rings (SSSR count). The van der Waals surface area contributed by atoms with Crippen LogP contribution in [0.3, 0.4) is 0 Å². The zero-order chi connectivity index (χ0) is 23.3. The zero-order valence-electron chi connectivity index (χ0n) is 19.9. The predicted octanol–water partition coefficient (Wildman–Crippen LogP) is 7.69. The molecule has 0 spiro atoms. The molecular weight excluding hydrogens is 591 g/mol. The predicted molar refractivity (Wildman–Crippen MR) is 131 cm³/mol. The van der Waals surface area contributed by atoms with Gasteiger partial charge in [0.1, 0.15) is 0 Å². The van der Waals surface area contributed by atoms with Crippen LogP contribution in [-0.4, -0.2) is 15.9 Å². The summed E-state index contributed by atoms with van der Waals surface area (Å²) in [5, 5.41) is 12.0. The number of carbonyl (C=O) groups is 1. The molecule has 0 aliphatic carbocycles. The Morgan fingerprint density at radius 3 is 2.15 bits per heavy atom. The number of aromatic nitrogens is 1. The van der Waals surface area contributed by atoms with Crippen LogP contribution in [-0.2, 0) is 24.9 Å². The number of aliphatic hydroxyl groups excluding tert-OH is 1. The van der Waals surface area contributed by atoms with Crippen molar-refractivity contribution in [3.63, 3.8) is 0 Å². The van der Waals surface area contributed by atoms with Crippen molar-refractivity contribution in [3.05, 3.63) is 78.7 Å². The molecule has 0 unspecified atom stereocenters. The maximum Gasteiger partial charge on any atom is 0.217 e. The molecule has 5 heteroatoms. The second-order valence-electron chi connectivity index (χ2n) is 7.70. The topological polar surface area (TPSA) is 59.4 Å². The van der Waals surface area contributed by atoms with Crippen LogP contribution in [0.15, 0.2) is 72.6 Å². The molecule has 0 fully saturated rings. The Hall–Kier alpha value is -2.49. The van der Waals surface area contributed by atoms with Gasteiger partial charge in [-0.1, -0.05) is 52.0 Å². The first-order chi connectivity index (χ1) is 15.5. The van der Waals surface area contributed by atoms with E-state index in [-0.39, 0.29) is 43.5 Å². The van der Waals surface area contributed by atoms with Gasteiger partial charge in [0.2, 0.25) is 5.88 Å². The van der Waals surface area contributed by atoms with Crippen molar-refractivity contribution in [1.29, 1.82) is 0 Å². The van der Waals surface area contributed by atoms with Gasteiger partial charge >= 0.3 is 0 Å². The van der Waals surface area contributed by atoms with Crippen LogP contribution in [0, 0.1) is 17.9 Å². The summed E-state index contributed by atoms with van der Waals surface area (Å²) in [6.07, 6.45) is 6.72. The number of aliphatic hydroxyl groups is 1. The van der Waals surface area contributed by atoms with Crippen molar-refractivity contribution in [2.75, 3.05) is 0 Å². The van der Waals surface area contributed by atoms with E-state index in [1.807, 2.05) is 88.5 Å². The van der Waals surface area contributed by atoms with Crippen LogP contribution in [0.5, 0.6) is 11.6 Å². The molecule has 0 aliphatic rings. The molecule has 0 aliphatic heterocycles. The first-order valence-electron chi connectivity index (χ1n) is 11.5. The number of allylic oxidation sites excluding steroid dienone is 2. The van der Waals surface area contributed by atoms with E-state index >= 15 is 0 Å². The molecule has 179 valence electrons. The van der Waals surface area contributed by atoms with E-state index in [1.54, 1.807) is 0 Å². The van der Waals surface area contributed by atoms with Crippen LogP contribution in [0.2, 0.25) is 0 Å². The Labute approximate surface area is 211 Å². The standard InChI is InChI=1S/C15H10NO.C13H24O2.Ir/c1-2-8-14(9-3-1)17-15-10-12-6-4-5-7-13(12)11-16-15;1-5-10(6-2)12(14)9-13(15)11(7-3)8-4;/h1-8,10-11H;9-11,14H,5-8H2,1-4H3;/q-1;;. The fraction of sp³-hybridized carbons (Fsp3) is 0.357. The van der Waals surface area contributed by atoms with Crippen molar-refractivity contribution in [3.8, 4) is 11.6 Å². The molecule has 1 N–H and O–H groups in total. The van der Waals surface area contributed by atoms with Crippen molar-refractivity contribution in [2.24, 2.45) is 11.8 Å². The molecule has 1 radical (unpaired) electrons. The van der Waals surface area contributed by atoms with Crippen LogP contribution >= 0.6 is 0 Å². The first-order valence-corrected chi connectivity index (χ1v) is 11.5. The van der Waals surface area contributed by atoms with Gasteiger partial charge < -0.3 is 9.84 Å². The fourth-order valence-electron chi connectivity index (χ4n) is 3.45. The van der Waals surface area contributed by atoms with Gasteiger partial charge in [-0.25, -0.2) is 4.98 Å². The molecule has 0 bridgehead atoms. The third-order valence-corrected chi connectivity index (χ3v) is 5.58. The smallest absolute Gasteiger partial charge is 0.217 e. The average Bonchev–Trinajstić information content (AvgIpc) is 2.82. The number of ether oxygens (including phenoxy) is 1. The molecular formula is C28H34IrNO3-. The number of para-hydroxylation sites is 1. The zero-order valence-corrected chi connectivity index (χ0v) is 22.3. The van der Waals surface area contributed by atoms with Crippen LogP contribution < -0.4 is 4.74 Å². The van der Waals surface area contributed by atoms with E-state index in [1.165, 1.54) is 6.08 Å². The summed E-state index contributed by atoms with van der Waals surface area (Å²) in [5.74, 6) is 1.81. The SMILES string of the molecule is CCC(CC)C(=O)C=C(O)C(CC)CC.[Ir].[c-]1ccccc1Oc1cc2ccccc2cn1. The Morgan fingerprint density at radius 2 is 1.58 bits per heavy atom. The van der Waals surface area contributed by atoms with E-state index < -0.39 is 0 Å². The quantitative estimate of drug-likeness (QED) is 0.151. The second-order valence-corrected chi connectivity index (χ2v) is 7.70. The van der Waals surface area contributed by atoms with Crippen LogP contribution in [0.25, 0.3) is 10.8 Å². The largest absolute Gasteiger partial charge is 0.512 e. The minimum Gasteiger partial charge on any atom is -0.512 e. The maximum absolute atomic E-state index is 11.7. The number of hydrogen-bond acceptors (Lipinski definition) is 4. The van der Waals surface area contributed by atoms with E-state index in [2.05, 4.69) is 11.1 Å². The van der Waals surface area contributed by atoms with Crippen molar-refractivity contribution in [1.82, 2.24) is 4.98 Å². The fourth-order valence-corrected chi connectivity index (χ4v) is 3.45. The van der Waals surface area contributed by atoms with Crippen LogP contribution in [0.4, 0.5) is 0 Å². The van der Waals surface area contributed by atoms with Gasteiger partial charge in [0.25, 0.3) is 0 Å². The molecule has 2 aromatic carbocycles. The molecule has 1 heterocycles. The molecule has 0 saturated heterocycles. The van der Waals surface area contributed by atoms with E-state index in [4.69, 9.17) is 4.74 Å². The summed E-state index contributed by atoms with van der Waals surface area (Å²) in [4.78, 5) is 16.0. The van der Waals surface area contributed by atoms with Gasteiger partial charge in [-0.3, -0.25) is 4.79 Å². The summed E-state index contributed by atoms with van der Waals surface area (Å²) < 4.78 is 5.62. The summed E-state index contributed by atoms with van der Waals surface area (Å²) >= 11 is 0. The number of carbonyl (C=O) groups excluding carboxylic acids is 1. The molecule has 0 atom stereocenters. The molecule has 1 aromatic heterocycles. The number of pyridine rings is 1. The van der Waals surface area contributed by atoms with Gasteiger partial charge in [-0.15, -0.1) is 12.1 Å². The summed E-state index contributed by atoms with van der Waals surface area (Å²) in [5.41, 5.74) is 0. The van der Waals surface area contributed by atoms with Crippen LogP contribution in [0.1, 0.15) is 53.4 Å². The number of benzene rings is 2. The van der Waals surface area contributed by atoms with E-state index in [0.717, 1.165) is 36.5 Å². The van der Waals surface area contributed by atoms with E-state index in [0.29, 0.717) is 11.6 Å². The Morgan fingerprint density at radius 1 is 0.970 bits per heavy atom. The molecule has 0 amide bonds. The molecule has 4 nitrogen and oxygen atoms in total. The Kier molecular flexibility index (Phi) is 13.3. The molecule has 0 saturated carbocycles. The van der Waals surface area contributed by atoms with Gasteiger partial charge in [0.15, 0.2) is 5.78 Å². The maximum atomic E-state index is 11.7. The molecule has 3 aromatic rings. The van der Waals surface area contributed by atoms with Gasteiger partial charge in [0, 0.05) is 61.4 Å². The van der Waals surface area contributed by atoms with Crippen molar-refractivity contribution >= 4 is 16.6 Å². The van der Waals surface area contributed by atoms with E-state index in [9.17, 15) is 9.90 Å². The van der Waals surface area contributed by atoms with Gasteiger partial charge in [-0.05, 0) is 31.1 Å². The number of rotatable bonds is 9. The number of nitrogens with zero attached hydrogens (tertiary/aromatic N) is 1. The normalized spacial score (nSPS) is 11.0. The number of fused-ring (bicyclic) bond motifs is 1. The van der Waals surface area contributed by atoms with Crippen molar-refractivity contribution in [2.45, 2.75) is 53.4 Å². The third-order valence-electron chi connectivity index (χ3n) is 5.58. The Bertz CT molecular complexity index is 996. The summed E-state index contributed by atoms with van der Waals surface area (Å²) in [6, 6.07) is 20.5. The average molecular weight is 625 g/mol. The molecule has 33 heavy (non-hydrogen) atoms. The number of hydrogen-bond donors (Lipinski definition) is 1. The minimum absolute atomic E-state index is 0. The monoisotopic (exact) mass is 625 g/mol. The first kappa shape index (κ1) is 28.5. The Balaban J connectivity index is 0.000000324. The number of ketones is 1. The van der Waals surface area contributed by atoms with Crippen molar-refractivity contribution < 1.29 is 34.7 Å². The summed E-state index contributed by atoms with van der Waals surface area (Å²) in [7, 11) is 0. The second kappa shape index (κ2) is 15.4. The summed E-state index contributed by atoms with van der Waals surface area (Å²) in [6.45, 7) is 8.07. The third kappa shape index (κ3) is 9.11. The minimum atomic E-state index is 0. The van der Waals surface area contributed by atoms with Gasteiger partial charge in [0.05, 0.1) is 5.76 Å².